The number of fused-ring (bicyclic) bond motifs is 1. The molecule has 0 aliphatic heterocycles. The van der Waals surface area contributed by atoms with E-state index >= 15 is 0 Å². The summed E-state index contributed by atoms with van der Waals surface area (Å²) in [6.45, 7) is 0.507. The first-order valence-corrected chi connectivity index (χ1v) is 8.45. The molecule has 0 fully saturated rings. The molecule has 0 radical (unpaired) electrons. The minimum absolute atomic E-state index is 0.161. The highest BCUT2D eigenvalue weighted by Crippen LogP contribution is 2.18. The molecule has 0 aliphatic rings. The van der Waals surface area contributed by atoms with Gasteiger partial charge in [0.05, 0.1) is 0 Å². The quantitative estimate of drug-likeness (QED) is 0.475. The maximum Gasteiger partial charge on any atom is 0.274 e. The van der Waals surface area contributed by atoms with Crippen LogP contribution < -0.4 is 10.8 Å². The van der Waals surface area contributed by atoms with Crippen molar-refractivity contribution in [1.29, 1.82) is 0 Å². The third-order valence-corrected chi connectivity index (χ3v) is 4.29. The number of hydrogen-bond donors (Lipinski definition) is 3. The highest BCUT2D eigenvalue weighted by Gasteiger charge is 2.09. The Labute approximate surface area is 155 Å². The molecule has 3 rings (SSSR count). The number of carbonyl (C=O) groups is 2. The molecule has 3 aromatic carbocycles. The predicted octanol–water partition coefficient (Wildman–Crippen LogP) is 3.58. The fourth-order valence-corrected chi connectivity index (χ4v) is 2.92. The molecule has 0 saturated carbocycles. The maximum absolute atomic E-state index is 12.3. The number of rotatable bonds is 5. The SMILES string of the molecule is O=C(NO)c1ccc2cc(C(=O)NCCc3cccc(Cl)c3)ccc2c1. The largest absolute Gasteiger partial charge is 0.352 e. The van der Waals surface area contributed by atoms with Crippen molar-refractivity contribution in [3.05, 3.63) is 82.4 Å². The van der Waals surface area contributed by atoms with Crippen LogP contribution in [0.4, 0.5) is 0 Å². The summed E-state index contributed by atoms with van der Waals surface area (Å²) in [6, 6.07) is 17.8. The minimum Gasteiger partial charge on any atom is -0.352 e. The number of benzene rings is 3. The van der Waals surface area contributed by atoms with Gasteiger partial charge in [0.15, 0.2) is 0 Å². The van der Waals surface area contributed by atoms with Gasteiger partial charge < -0.3 is 5.32 Å². The van der Waals surface area contributed by atoms with Gasteiger partial charge in [0, 0.05) is 22.7 Å². The second-order valence-corrected chi connectivity index (χ2v) is 6.29. The lowest BCUT2D eigenvalue weighted by Crippen LogP contribution is -2.25. The van der Waals surface area contributed by atoms with Crippen molar-refractivity contribution in [2.75, 3.05) is 6.54 Å². The van der Waals surface area contributed by atoms with E-state index in [1.807, 2.05) is 24.3 Å². The smallest absolute Gasteiger partial charge is 0.274 e. The van der Waals surface area contributed by atoms with E-state index in [2.05, 4.69) is 5.32 Å². The fourth-order valence-electron chi connectivity index (χ4n) is 2.71. The minimum atomic E-state index is -0.574. The Morgan fingerprint density at radius 2 is 1.54 bits per heavy atom. The van der Waals surface area contributed by atoms with Gasteiger partial charge in [-0.3, -0.25) is 14.8 Å². The van der Waals surface area contributed by atoms with Crippen LogP contribution in [0.5, 0.6) is 0 Å². The normalized spacial score (nSPS) is 10.5. The first-order chi connectivity index (χ1) is 12.6. The van der Waals surface area contributed by atoms with Crippen molar-refractivity contribution in [2.24, 2.45) is 0 Å². The highest BCUT2D eigenvalue weighted by atomic mass is 35.5. The zero-order chi connectivity index (χ0) is 18.5. The Bertz CT molecular complexity index is 972. The second-order valence-electron chi connectivity index (χ2n) is 5.85. The molecule has 2 amide bonds. The molecule has 0 heterocycles. The van der Waals surface area contributed by atoms with E-state index in [0.29, 0.717) is 29.1 Å². The first kappa shape index (κ1) is 17.9. The van der Waals surface area contributed by atoms with Gasteiger partial charge in [0.1, 0.15) is 0 Å². The third-order valence-electron chi connectivity index (χ3n) is 4.05. The molecule has 0 aliphatic carbocycles. The Kier molecular flexibility index (Phi) is 5.51. The molecule has 5 nitrogen and oxygen atoms in total. The maximum atomic E-state index is 12.3. The summed E-state index contributed by atoms with van der Waals surface area (Å²) < 4.78 is 0. The Balaban J connectivity index is 1.67. The van der Waals surface area contributed by atoms with E-state index in [0.717, 1.165) is 16.3 Å². The number of carbonyl (C=O) groups excluding carboxylic acids is 2. The van der Waals surface area contributed by atoms with Gasteiger partial charge >= 0.3 is 0 Å². The van der Waals surface area contributed by atoms with Crippen molar-refractivity contribution in [3.8, 4) is 0 Å². The van der Waals surface area contributed by atoms with Gasteiger partial charge in [-0.2, -0.15) is 0 Å². The molecule has 3 aromatic rings. The lowest BCUT2D eigenvalue weighted by molar-refractivity contribution is 0.0706. The van der Waals surface area contributed by atoms with E-state index in [-0.39, 0.29) is 5.91 Å². The van der Waals surface area contributed by atoms with Gasteiger partial charge in [0.25, 0.3) is 11.8 Å². The van der Waals surface area contributed by atoms with Crippen LogP contribution in [0.1, 0.15) is 26.3 Å². The molecule has 0 bridgehead atoms. The monoisotopic (exact) mass is 368 g/mol. The van der Waals surface area contributed by atoms with E-state index in [9.17, 15) is 9.59 Å². The zero-order valence-corrected chi connectivity index (χ0v) is 14.6. The number of hydroxylamine groups is 1. The lowest BCUT2D eigenvalue weighted by Gasteiger charge is -2.08. The van der Waals surface area contributed by atoms with Crippen LogP contribution in [0, 0.1) is 0 Å². The van der Waals surface area contributed by atoms with Crippen LogP contribution in [0.3, 0.4) is 0 Å². The molecular formula is C20H17ClN2O3. The van der Waals surface area contributed by atoms with E-state index < -0.39 is 5.91 Å². The lowest BCUT2D eigenvalue weighted by atomic mass is 10.0. The predicted molar refractivity (Wildman–Crippen MR) is 101 cm³/mol. The van der Waals surface area contributed by atoms with Crippen LogP contribution in [0.15, 0.2) is 60.7 Å². The van der Waals surface area contributed by atoms with Crippen molar-refractivity contribution in [2.45, 2.75) is 6.42 Å². The van der Waals surface area contributed by atoms with Crippen LogP contribution in [0.25, 0.3) is 10.8 Å². The van der Waals surface area contributed by atoms with Gasteiger partial charge in [-0.1, -0.05) is 35.9 Å². The second kappa shape index (κ2) is 7.99. The van der Waals surface area contributed by atoms with Crippen molar-refractivity contribution in [1.82, 2.24) is 10.8 Å². The molecule has 132 valence electrons. The summed E-state index contributed by atoms with van der Waals surface area (Å²) in [5.74, 6) is -0.735. The van der Waals surface area contributed by atoms with Crippen LogP contribution >= 0.6 is 11.6 Å². The molecule has 0 spiro atoms. The average Bonchev–Trinajstić information content (AvgIpc) is 2.66. The molecule has 0 atom stereocenters. The van der Waals surface area contributed by atoms with Crippen LogP contribution in [-0.2, 0) is 6.42 Å². The summed E-state index contributed by atoms with van der Waals surface area (Å²) in [6.07, 6.45) is 0.694. The summed E-state index contributed by atoms with van der Waals surface area (Å²) in [5, 5.41) is 13.9. The van der Waals surface area contributed by atoms with Crippen molar-refractivity contribution < 1.29 is 14.8 Å². The summed E-state index contributed by atoms with van der Waals surface area (Å²) in [4.78, 5) is 23.8. The van der Waals surface area contributed by atoms with E-state index in [4.69, 9.17) is 16.8 Å². The van der Waals surface area contributed by atoms with E-state index in [1.165, 1.54) is 0 Å². The Hall–Kier alpha value is -2.89. The van der Waals surface area contributed by atoms with Gasteiger partial charge in [-0.05, 0) is 59.2 Å². The van der Waals surface area contributed by atoms with Gasteiger partial charge in [-0.15, -0.1) is 0 Å². The molecule has 26 heavy (non-hydrogen) atoms. The first-order valence-electron chi connectivity index (χ1n) is 8.08. The molecule has 6 heteroatoms. The average molecular weight is 369 g/mol. The third kappa shape index (κ3) is 4.20. The van der Waals surface area contributed by atoms with Gasteiger partial charge in [0.2, 0.25) is 0 Å². The Morgan fingerprint density at radius 3 is 2.15 bits per heavy atom. The number of amides is 2. The molecule has 0 saturated heterocycles. The number of hydrogen-bond acceptors (Lipinski definition) is 3. The van der Waals surface area contributed by atoms with Crippen molar-refractivity contribution in [3.63, 3.8) is 0 Å². The summed E-state index contributed by atoms with van der Waals surface area (Å²) in [7, 11) is 0. The molecule has 0 aromatic heterocycles. The summed E-state index contributed by atoms with van der Waals surface area (Å²) >= 11 is 5.95. The molecule has 3 N–H and O–H groups in total. The van der Waals surface area contributed by atoms with Crippen molar-refractivity contribution >= 4 is 34.2 Å². The number of halogens is 1. The standard InChI is InChI=1S/C20H17ClN2O3/c21-18-3-1-2-13(10-18)8-9-22-19(24)16-6-4-15-12-17(20(25)23-26)7-5-14(15)11-16/h1-7,10-12,26H,8-9H2,(H,22,24)(H,23,25). The molecule has 0 unspecified atom stereocenters. The Morgan fingerprint density at radius 1 is 0.885 bits per heavy atom. The van der Waals surface area contributed by atoms with E-state index in [1.54, 1.807) is 41.9 Å². The molecular weight excluding hydrogens is 352 g/mol. The topological polar surface area (TPSA) is 78.4 Å². The van der Waals surface area contributed by atoms with Crippen LogP contribution in [-0.4, -0.2) is 23.6 Å². The zero-order valence-electron chi connectivity index (χ0n) is 13.8. The highest BCUT2D eigenvalue weighted by molar-refractivity contribution is 6.30. The summed E-state index contributed by atoms with van der Waals surface area (Å²) in [5.41, 5.74) is 3.56. The fraction of sp³-hybridized carbons (Fsp3) is 0.100. The number of nitrogens with one attached hydrogen (secondary N) is 2. The van der Waals surface area contributed by atoms with Crippen LogP contribution in [0.2, 0.25) is 5.02 Å². The van der Waals surface area contributed by atoms with Gasteiger partial charge in [-0.25, -0.2) is 5.48 Å².